The highest BCUT2D eigenvalue weighted by Gasteiger charge is 2.30. The van der Waals surface area contributed by atoms with Crippen molar-refractivity contribution in [2.75, 3.05) is 39.8 Å². The Balaban J connectivity index is 1.74. The fraction of sp³-hybridized carbons (Fsp3) is 0.647. The van der Waals surface area contributed by atoms with Gasteiger partial charge in [-0.3, -0.25) is 9.59 Å². The summed E-state index contributed by atoms with van der Waals surface area (Å²) in [6, 6.07) is 3.05. The zero-order valence-electron chi connectivity index (χ0n) is 13.9. The maximum absolute atomic E-state index is 12.9. The summed E-state index contributed by atoms with van der Waals surface area (Å²) in [6.45, 7) is 5.66. The summed E-state index contributed by atoms with van der Waals surface area (Å²) in [7, 11) is 2.08. The summed E-state index contributed by atoms with van der Waals surface area (Å²) in [6.07, 6.45) is 2.44. The molecule has 6 nitrogen and oxygen atoms in total. The first-order valence-corrected chi connectivity index (χ1v) is 8.32. The highest BCUT2D eigenvalue weighted by atomic mass is 16.5. The van der Waals surface area contributed by atoms with Gasteiger partial charge >= 0.3 is 0 Å². The van der Waals surface area contributed by atoms with Crippen molar-refractivity contribution in [2.45, 2.75) is 25.9 Å². The van der Waals surface area contributed by atoms with Gasteiger partial charge in [0.1, 0.15) is 0 Å². The van der Waals surface area contributed by atoms with Crippen molar-refractivity contribution < 1.29 is 9.53 Å². The van der Waals surface area contributed by atoms with E-state index in [0.29, 0.717) is 30.3 Å². The van der Waals surface area contributed by atoms with E-state index >= 15 is 0 Å². The summed E-state index contributed by atoms with van der Waals surface area (Å²) in [5.41, 5.74) is 1.03. The standard InChI is InChI=1S/C17H25N3O3/c1-12-15(5-6-16(21)18-12)17(22)20(9-13-3-4-13)11-14-10-19(2)7-8-23-14/h5-6,13-14H,3-4,7-11H2,1-2H3,(H,18,21). The molecule has 2 aliphatic rings. The Hall–Kier alpha value is -1.66. The normalized spacial score (nSPS) is 22.1. The molecule has 1 aromatic rings. The molecule has 0 bridgehead atoms. The summed E-state index contributed by atoms with van der Waals surface area (Å²) in [5, 5.41) is 0. The minimum Gasteiger partial charge on any atom is -0.374 e. The molecule has 1 aliphatic carbocycles. The van der Waals surface area contributed by atoms with E-state index in [1.165, 1.54) is 18.9 Å². The number of H-pyrrole nitrogens is 1. The molecule has 1 amide bonds. The zero-order chi connectivity index (χ0) is 16.4. The number of amides is 1. The molecule has 0 aromatic carbocycles. The Labute approximate surface area is 136 Å². The summed E-state index contributed by atoms with van der Waals surface area (Å²) in [5.74, 6) is 0.603. The first-order valence-electron chi connectivity index (χ1n) is 8.32. The van der Waals surface area contributed by atoms with Crippen LogP contribution in [0.2, 0.25) is 0 Å². The average molecular weight is 319 g/mol. The second-order valence-electron chi connectivity index (χ2n) is 6.77. The van der Waals surface area contributed by atoms with Gasteiger partial charge in [-0.25, -0.2) is 0 Å². The third kappa shape index (κ3) is 4.20. The van der Waals surface area contributed by atoms with Crippen LogP contribution in [0.15, 0.2) is 16.9 Å². The molecular formula is C17H25N3O3. The van der Waals surface area contributed by atoms with Crippen molar-refractivity contribution in [3.63, 3.8) is 0 Å². The van der Waals surface area contributed by atoms with E-state index in [0.717, 1.165) is 19.6 Å². The number of aromatic amines is 1. The van der Waals surface area contributed by atoms with Crippen LogP contribution in [0, 0.1) is 12.8 Å². The topological polar surface area (TPSA) is 65.6 Å². The molecule has 1 unspecified atom stereocenters. The van der Waals surface area contributed by atoms with Gasteiger partial charge in [-0.05, 0) is 38.8 Å². The number of nitrogens with zero attached hydrogens (tertiary/aromatic N) is 2. The molecule has 3 rings (SSSR count). The fourth-order valence-corrected chi connectivity index (χ4v) is 3.06. The van der Waals surface area contributed by atoms with Crippen LogP contribution in [0.4, 0.5) is 0 Å². The zero-order valence-corrected chi connectivity index (χ0v) is 13.9. The molecule has 1 atom stereocenters. The minimum atomic E-state index is -0.176. The molecule has 1 aromatic heterocycles. The maximum Gasteiger partial charge on any atom is 0.255 e. The van der Waals surface area contributed by atoms with Crippen molar-refractivity contribution in [3.05, 3.63) is 33.7 Å². The van der Waals surface area contributed by atoms with Crippen molar-refractivity contribution in [1.29, 1.82) is 0 Å². The van der Waals surface area contributed by atoms with Crippen LogP contribution in [0.5, 0.6) is 0 Å². The number of likely N-dealkylation sites (N-methyl/N-ethyl adjacent to an activating group) is 1. The van der Waals surface area contributed by atoms with Crippen LogP contribution in [0.3, 0.4) is 0 Å². The number of carbonyl (C=O) groups excluding carboxylic acids is 1. The van der Waals surface area contributed by atoms with E-state index in [9.17, 15) is 9.59 Å². The number of ether oxygens (including phenoxy) is 1. The number of pyridine rings is 1. The summed E-state index contributed by atoms with van der Waals surface area (Å²) in [4.78, 5) is 31.2. The Morgan fingerprint density at radius 1 is 1.39 bits per heavy atom. The fourth-order valence-electron chi connectivity index (χ4n) is 3.06. The minimum absolute atomic E-state index is 0.0116. The van der Waals surface area contributed by atoms with Gasteiger partial charge in [0.15, 0.2) is 0 Å². The highest BCUT2D eigenvalue weighted by Crippen LogP contribution is 2.30. The van der Waals surface area contributed by atoms with Gasteiger partial charge in [-0.1, -0.05) is 0 Å². The van der Waals surface area contributed by atoms with Gasteiger partial charge in [0.05, 0.1) is 18.3 Å². The van der Waals surface area contributed by atoms with E-state index in [1.807, 2.05) is 4.90 Å². The monoisotopic (exact) mass is 319 g/mol. The molecule has 1 aliphatic heterocycles. The Morgan fingerprint density at radius 2 is 2.17 bits per heavy atom. The smallest absolute Gasteiger partial charge is 0.255 e. The van der Waals surface area contributed by atoms with Gasteiger partial charge in [0.2, 0.25) is 5.56 Å². The van der Waals surface area contributed by atoms with Crippen LogP contribution in [0.25, 0.3) is 0 Å². The van der Waals surface area contributed by atoms with Crippen LogP contribution in [-0.4, -0.2) is 66.6 Å². The lowest BCUT2D eigenvalue weighted by molar-refractivity contribution is -0.0331. The number of hydrogen-bond donors (Lipinski definition) is 1. The number of rotatable bonds is 5. The van der Waals surface area contributed by atoms with E-state index in [1.54, 1.807) is 13.0 Å². The molecular weight excluding hydrogens is 294 g/mol. The van der Waals surface area contributed by atoms with E-state index in [2.05, 4.69) is 16.9 Å². The van der Waals surface area contributed by atoms with Crippen LogP contribution < -0.4 is 5.56 Å². The number of morpholine rings is 1. The summed E-state index contributed by atoms with van der Waals surface area (Å²) >= 11 is 0. The molecule has 0 radical (unpaired) electrons. The molecule has 6 heteroatoms. The third-order valence-corrected chi connectivity index (χ3v) is 4.58. The Kier molecular flexibility index (Phi) is 4.82. The van der Waals surface area contributed by atoms with Crippen LogP contribution >= 0.6 is 0 Å². The first-order chi connectivity index (χ1) is 11.0. The van der Waals surface area contributed by atoms with Crippen molar-refractivity contribution in [1.82, 2.24) is 14.8 Å². The first kappa shape index (κ1) is 16.2. The SMILES string of the molecule is Cc1[nH]c(=O)ccc1C(=O)N(CC1CC1)CC1CN(C)CCO1. The number of hydrogen-bond acceptors (Lipinski definition) is 4. The maximum atomic E-state index is 12.9. The lowest BCUT2D eigenvalue weighted by atomic mass is 10.1. The second-order valence-corrected chi connectivity index (χ2v) is 6.77. The number of carbonyl (C=O) groups is 1. The van der Waals surface area contributed by atoms with Gasteiger partial charge in [0, 0.05) is 37.9 Å². The Bertz CT molecular complexity index is 624. The van der Waals surface area contributed by atoms with E-state index in [4.69, 9.17) is 4.74 Å². The van der Waals surface area contributed by atoms with Gasteiger partial charge in [-0.2, -0.15) is 0 Å². The largest absolute Gasteiger partial charge is 0.374 e. The second kappa shape index (κ2) is 6.84. The predicted octanol–water partition coefficient (Wildman–Crippen LogP) is 0.866. The van der Waals surface area contributed by atoms with Crippen LogP contribution in [-0.2, 0) is 4.74 Å². The van der Waals surface area contributed by atoms with Gasteiger partial charge in [-0.15, -0.1) is 0 Å². The van der Waals surface area contributed by atoms with E-state index < -0.39 is 0 Å². The molecule has 0 spiro atoms. The highest BCUT2D eigenvalue weighted by molar-refractivity contribution is 5.95. The quantitative estimate of drug-likeness (QED) is 0.874. The lowest BCUT2D eigenvalue weighted by Crippen LogP contribution is -2.48. The predicted molar refractivity (Wildman–Crippen MR) is 87.7 cm³/mol. The molecule has 2 heterocycles. The molecule has 1 saturated heterocycles. The lowest BCUT2D eigenvalue weighted by Gasteiger charge is -2.34. The molecule has 1 saturated carbocycles. The molecule has 1 N–H and O–H groups in total. The van der Waals surface area contributed by atoms with Gasteiger partial charge < -0.3 is 19.5 Å². The van der Waals surface area contributed by atoms with Crippen molar-refractivity contribution >= 4 is 5.91 Å². The molecule has 23 heavy (non-hydrogen) atoms. The number of aryl methyl sites for hydroxylation is 1. The Morgan fingerprint density at radius 3 is 2.83 bits per heavy atom. The molecule has 2 fully saturated rings. The van der Waals surface area contributed by atoms with Crippen LogP contribution in [0.1, 0.15) is 28.9 Å². The molecule has 126 valence electrons. The number of nitrogens with one attached hydrogen (secondary N) is 1. The summed E-state index contributed by atoms with van der Waals surface area (Å²) < 4.78 is 5.82. The van der Waals surface area contributed by atoms with E-state index in [-0.39, 0.29) is 17.6 Å². The third-order valence-electron chi connectivity index (χ3n) is 4.58. The van der Waals surface area contributed by atoms with Crippen molar-refractivity contribution in [2.24, 2.45) is 5.92 Å². The van der Waals surface area contributed by atoms with Gasteiger partial charge in [0.25, 0.3) is 5.91 Å². The van der Waals surface area contributed by atoms with Crippen molar-refractivity contribution in [3.8, 4) is 0 Å². The number of aromatic nitrogens is 1. The average Bonchev–Trinajstić information content (AvgIpc) is 3.30.